The molecule has 56 valence electrons. The zero-order valence-corrected chi connectivity index (χ0v) is 7.09. The van der Waals surface area contributed by atoms with Crippen LogP contribution in [0.15, 0.2) is 4.42 Å². The summed E-state index contributed by atoms with van der Waals surface area (Å²) in [5, 5.41) is 6.39. The Bertz CT molecular complexity index is 231. The lowest BCUT2D eigenvalue weighted by atomic mass is 10.4. The molecule has 0 radical (unpaired) electrons. The molecule has 0 unspecified atom stereocenters. The molecule has 10 heavy (non-hydrogen) atoms. The van der Waals surface area contributed by atoms with Crippen LogP contribution in [0.2, 0.25) is 0 Å². The van der Waals surface area contributed by atoms with E-state index >= 15 is 0 Å². The third-order valence-corrected chi connectivity index (χ3v) is 1.21. The van der Waals surface area contributed by atoms with E-state index in [1.54, 1.807) is 22.6 Å². The Labute approximate surface area is 69.0 Å². The summed E-state index contributed by atoms with van der Waals surface area (Å²) in [6.07, 6.45) is 0. The number of halogens is 3. The fourth-order valence-corrected chi connectivity index (χ4v) is 0.699. The van der Waals surface area contributed by atoms with Gasteiger partial charge in [-0.15, -0.1) is 10.2 Å². The van der Waals surface area contributed by atoms with Crippen molar-refractivity contribution in [1.29, 1.82) is 0 Å². The largest absolute Gasteiger partial charge is 0.410 e. The van der Waals surface area contributed by atoms with Gasteiger partial charge in [0, 0.05) is 29.5 Å². The van der Waals surface area contributed by atoms with Crippen LogP contribution in [0.3, 0.4) is 0 Å². The minimum Gasteiger partial charge on any atom is -0.410 e. The molecule has 1 rings (SSSR count). The van der Waals surface area contributed by atoms with Gasteiger partial charge in [-0.1, -0.05) is 0 Å². The smallest absolute Gasteiger partial charge is 0.321 e. The number of rotatable bonds is 1. The SMILES string of the molecule is CC(F)(F)c1nnc(I)o1. The molecule has 1 aromatic rings. The summed E-state index contributed by atoms with van der Waals surface area (Å²) in [6, 6.07) is 0. The van der Waals surface area contributed by atoms with Crippen molar-refractivity contribution in [2.75, 3.05) is 0 Å². The van der Waals surface area contributed by atoms with Crippen molar-refractivity contribution < 1.29 is 13.2 Å². The van der Waals surface area contributed by atoms with E-state index in [0.717, 1.165) is 0 Å². The first-order chi connectivity index (χ1) is 4.50. The van der Waals surface area contributed by atoms with Crippen LogP contribution in [0, 0.1) is 3.90 Å². The van der Waals surface area contributed by atoms with Gasteiger partial charge in [0.05, 0.1) is 0 Å². The number of nitrogens with zero attached hydrogens (tertiary/aromatic N) is 2. The molecule has 1 heterocycles. The third-order valence-electron chi connectivity index (χ3n) is 0.776. The number of hydrogen-bond acceptors (Lipinski definition) is 3. The quantitative estimate of drug-likeness (QED) is 0.722. The van der Waals surface area contributed by atoms with Gasteiger partial charge >= 0.3 is 5.92 Å². The van der Waals surface area contributed by atoms with E-state index in [1.165, 1.54) is 0 Å². The molecule has 0 aliphatic carbocycles. The molecule has 6 heteroatoms. The van der Waals surface area contributed by atoms with Gasteiger partial charge in [-0.2, -0.15) is 8.78 Å². The monoisotopic (exact) mass is 260 g/mol. The fraction of sp³-hybridized carbons (Fsp3) is 0.500. The van der Waals surface area contributed by atoms with E-state index in [-0.39, 0.29) is 3.90 Å². The second-order valence-corrected chi connectivity index (χ2v) is 2.67. The predicted octanol–water partition coefficient (Wildman–Crippen LogP) is 1.79. The van der Waals surface area contributed by atoms with Crippen LogP contribution in [0.4, 0.5) is 8.78 Å². The zero-order chi connectivity index (χ0) is 7.78. The lowest BCUT2D eigenvalue weighted by Crippen LogP contribution is -2.06. The maximum Gasteiger partial charge on any atom is 0.321 e. The first-order valence-corrected chi connectivity index (χ1v) is 3.45. The van der Waals surface area contributed by atoms with Crippen molar-refractivity contribution in [1.82, 2.24) is 10.2 Å². The molecular formula is C4H3F2IN2O. The third kappa shape index (κ3) is 1.61. The highest BCUT2D eigenvalue weighted by Gasteiger charge is 2.31. The molecule has 0 spiro atoms. The van der Waals surface area contributed by atoms with Crippen molar-refractivity contribution in [3.8, 4) is 0 Å². The van der Waals surface area contributed by atoms with Gasteiger partial charge in [0.1, 0.15) is 0 Å². The highest BCUT2D eigenvalue weighted by Crippen LogP contribution is 2.25. The molecule has 3 nitrogen and oxygen atoms in total. The molecule has 0 saturated heterocycles. The normalized spacial score (nSPS) is 12.0. The molecule has 0 amide bonds. The van der Waals surface area contributed by atoms with Gasteiger partial charge in [0.2, 0.25) is 0 Å². The Balaban J connectivity index is 2.96. The summed E-state index contributed by atoms with van der Waals surface area (Å²) >= 11 is 1.67. The number of aromatic nitrogens is 2. The average molecular weight is 260 g/mol. The van der Waals surface area contributed by atoms with Crippen LogP contribution < -0.4 is 0 Å². The molecule has 0 atom stereocenters. The molecule has 1 aromatic heterocycles. The van der Waals surface area contributed by atoms with E-state index in [9.17, 15) is 8.78 Å². The zero-order valence-electron chi connectivity index (χ0n) is 4.94. The minimum absolute atomic E-state index is 0.120. The van der Waals surface area contributed by atoms with Crippen LogP contribution in [0.5, 0.6) is 0 Å². The van der Waals surface area contributed by atoms with Crippen LogP contribution >= 0.6 is 22.6 Å². The highest BCUT2D eigenvalue weighted by atomic mass is 127. The van der Waals surface area contributed by atoms with Crippen molar-refractivity contribution in [2.24, 2.45) is 0 Å². The Hall–Kier alpha value is -0.270. The van der Waals surface area contributed by atoms with Crippen molar-refractivity contribution >= 4 is 22.6 Å². The summed E-state index contributed by atoms with van der Waals surface area (Å²) in [4.78, 5) is 0. The number of alkyl halides is 2. The van der Waals surface area contributed by atoms with Crippen LogP contribution in [-0.2, 0) is 5.92 Å². The van der Waals surface area contributed by atoms with Crippen molar-refractivity contribution in [2.45, 2.75) is 12.8 Å². The first kappa shape index (κ1) is 7.83. The summed E-state index contributed by atoms with van der Waals surface area (Å²) in [5.41, 5.74) is 0. The molecule has 0 N–H and O–H groups in total. The highest BCUT2D eigenvalue weighted by molar-refractivity contribution is 14.1. The Morgan fingerprint density at radius 1 is 1.50 bits per heavy atom. The summed E-state index contributed by atoms with van der Waals surface area (Å²) < 4.78 is 29.1. The lowest BCUT2D eigenvalue weighted by Gasteiger charge is -2.00. The van der Waals surface area contributed by atoms with Gasteiger partial charge in [-0.25, -0.2) is 0 Å². The fourth-order valence-electron chi connectivity index (χ4n) is 0.383. The van der Waals surface area contributed by atoms with E-state index in [2.05, 4.69) is 14.6 Å². The van der Waals surface area contributed by atoms with E-state index in [0.29, 0.717) is 6.92 Å². The van der Waals surface area contributed by atoms with E-state index in [1.807, 2.05) is 0 Å². The number of hydrogen-bond donors (Lipinski definition) is 0. The maximum absolute atomic E-state index is 12.3. The minimum atomic E-state index is -3.03. The van der Waals surface area contributed by atoms with Gasteiger partial charge in [0.15, 0.2) is 0 Å². The molecule has 0 bridgehead atoms. The van der Waals surface area contributed by atoms with E-state index in [4.69, 9.17) is 0 Å². The Morgan fingerprint density at radius 2 is 2.10 bits per heavy atom. The topological polar surface area (TPSA) is 38.9 Å². The van der Waals surface area contributed by atoms with Crippen molar-refractivity contribution in [3.63, 3.8) is 0 Å². The Kier molecular flexibility index (Phi) is 1.88. The first-order valence-electron chi connectivity index (χ1n) is 2.37. The molecular weight excluding hydrogens is 257 g/mol. The lowest BCUT2D eigenvalue weighted by molar-refractivity contribution is -0.0118. The van der Waals surface area contributed by atoms with Gasteiger partial charge in [-0.05, 0) is 0 Å². The van der Waals surface area contributed by atoms with Gasteiger partial charge < -0.3 is 4.42 Å². The standard InChI is InChI=1S/C4H3F2IN2O/c1-4(5,6)2-8-9-3(7)10-2/h1H3. The van der Waals surface area contributed by atoms with Gasteiger partial charge in [-0.3, -0.25) is 0 Å². The molecule has 0 fully saturated rings. The van der Waals surface area contributed by atoms with Crippen LogP contribution in [0.1, 0.15) is 12.8 Å². The van der Waals surface area contributed by atoms with E-state index < -0.39 is 11.8 Å². The summed E-state index contributed by atoms with van der Waals surface area (Å²) in [7, 11) is 0. The second-order valence-electron chi connectivity index (χ2n) is 1.75. The second kappa shape index (κ2) is 2.40. The maximum atomic E-state index is 12.3. The molecule has 0 saturated carbocycles. The predicted molar refractivity (Wildman–Crippen MR) is 36.6 cm³/mol. The van der Waals surface area contributed by atoms with Gasteiger partial charge in [0.25, 0.3) is 9.79 Å². The summed E-state index contributed by atoms with van der Waals surface area (Å²) in [5.74, 6) is -3.67. The summed E-state index contributed by atoms with van der Waals surface area (Å²) in [6.45, 7) is 0.705. The average Bonchev–Trinajstić information content (AvgIpc) is 2.11. The molecule has 0 aliphatic heterocycles. The van der Waals surface area contributed by atoms with Crippen molar-refractivity contribution in [3.05, 3.63) is 9.79 Å². The molecule has 0 aromatic carbocycles. The van der Waals surface area contributed by atoms with Crippen LogP contribution in [0.25, 0.3) is 0 Å². The molecule has 0 aliphatic rings. The Morgan fingerprint density at radius 3 is 2.30 bits per heavy atom. The van der Waals surface area contributed by atoms with Crippen LogP contribution in [-0.4, -0.2) is 10.2 Å².